The largest absolute Gasteiger partial charge is 0.258 e. The Labute approximate surface area is 145 Å². The van der Waals surface area contributed by atoms with Crippen LogP contribution in [0.25, 0.3) is 16.7 Å². The summed E-state index contributed by atoms with van der Waals surface area (Å²) in [5.41, 5.74) is 3.86. The molecule has 1 aliphatic carbocycles. The number of hydrogen-bond acceptors (Lipinski definition) is 4. The van der Waals surface area contributed by atoms with Crippen LogP contribution in [0.5, 0.6) is 0 Å². The fourth-order valence-electron chi connectivity index (χ4n) is 3.01. The van der Waals surface area contributed by atoms with Crippen LogP contribution >= 0.6 is 0 Å². The highest BCUT2D eigenvalue weighted by Crippen LogP contribution is 2.49. The first-order valence-electron chi connectivity index (χ1n) is 7.41. The van der Waals surface area contributed by atoms with Gasteiger partial charge in [0.25, 0.3) is 0 Å². The molecular weight excluding hydrogens is 308 g/mol. The van der Waals surface area contributed by atoms with Crippen molar-refractivity contribution in [1.29, 1.82) is 21.2 Å². The molecule has 0 aliphatic heterocycles. The van der Waals surface area contributed by atoms with Gasteiger partial charge in [0, 0.05) is 16.7 Å². The Kier molecular flexibility index (Phi) is 4.11. The molecular formula is C21H10N4. The van der Waals surface area contributed by atoms with E-state index in [0.29, 0.717) is 22.3 Å². The number of benzene rings is 2. The van der Waals surface area contributed by atoms with Crippen LogP contribution in [0.15, 0.2) is 65.7 Å². The van der Waals surface area contributed by atoms with Crippen molar-refractivity contribution in [2.75, 3.05) is 0 Å². The molecule has 0 fully saturated rings. The summed E-state index contributed by atoms with van der Waals surface area (Å²) in [5.74, 6) is 2.19. The smallest absolute Gasteiger partial charge is 0.138 e. The summed E-state index contributed by atoms with van der Waals surface area (Å²) in [4.78, 5) is 0. The quantitative estimate of drug-likeness (QED) is 0.666. The fraction of sp³-hybridized carbons (Fsp3) is 0. The van der Waals surface area contributed by atoms with Crippen LogP contribution in [0, 0.1) is 39.4 Å². The highest BCUT2D eigenvalue weighted by Gasteiger charge is 2.31. The molecule has 4 heteroatoms. The molecule has 0 saturated heterocycles. The van der Waals surface area contributed by atoms with E-state index in [0.717, 1.165) is 11.1 Å². The van der Waals surface area contributed by atoms with Gasteiger partial charge in [-0.2, -0.15) is 15.8 Å². The van der Waals surface area contributed by atoms with Crippen LogP contribution in [0.3, 0.4) is 0 Å². The van der Waals surface area contributed by atoms with Crippen LogP contribution in [-0.4, -0.2) is 5.87 Å². The van der Waals surface area contributed by atoms with Gasteiger partial charge >= 0.3 is 0 Å². The minimum atomic E-state index is -0.0245. The van der Waals surface area contributed by atoms with E-state index in [1.807, 2.05) is 72.8 Å². The van der Waals surface area contributed by atoms with Crippen molar-refractivity contribution in [2.24, 2.45) is 0 Å². The van der Waals surface area contributed by atoms with Crippen LogP contribution in [0.4, 0.5) is 0 Å². The lowest BCUT2D eigenvalue weighted by atomic mass is 9.91. The highest BCUT2D eigenvalue weighted by molar-refractivity contribution is 6.27. The second-order valence-corrected chi connectivity index (χ2v) is 5.25. The molecule has 0 bridgehead atoms. The van der Waals surface area contributed by atoms with Gasteiger partial charge in [0.15, 0.2) is 0 Å². The predicted octanol–water partition coefficient (Wildman–Crippen LogP) is 4.11. The predicted molar refractivity (Wildman–Crippen MR) is 94.7 cm³/mol. The summed E-state index contributed by atoms with van der Waals surface area (Å²) in [6.07, 6.45) is 0. The number of fused-ring (bicyclic) bond motifs is 1. The zero-order chi connectivity index (χ0) is 17.8. The summed E-state index contributed by atoms with van der Waals surface area (Å²) >= 11 is 0. The molecule has 4 nitrogen and oxygen atoms in total. The van der Waals surface area contributed by atoms with E-state index in [1.165, 1.54) is 0 Å². The molecule has 0 heterocycles. The molecule has 0 amide bonds. The van der Waals surface area contributed by atoms with Gasteiger partial charge in [0.05, 0.1) is 0 Å². The summed E-state index contributed by atoms with van der Waals surface area (Å²) in [6, 6.07) is 22.4. The van der Waals surface area contributed by atoms with E-state index < -0.39 is 0 Å². The number of allylic oxidation sites excluding steroid dienone is 5. The van der Waals surface area contributed by atoms with Crippen molar-refractivity contribution in [3.63, 3.8) is 0 Å². The van der Waals surface area contributed by atoms with Crippen LogP contribution in [0.1, 0.15) is 16.7 Å². The Morgan fingerprint density at radius 2 is 1.36 bits per heavy atom. The molecule has 0 atom stereocenters. The minimum Gasteiger partial charge on any atom is -0.258 e. The third kappa shape index (κ3) is 2.44. The molecule has 2 aromatic carbocycles. The van der Waals surface area contributed by atoms with E-state index in [4.69, 9.17) is 5.41 Å². The second-order valence-electron chi connectivity index (χ2n) is 5.25. The number of nitrogens with one attached hydrogen (secondary N) is 1. The molecule has 0 radical (unpaired) electrons. The van der Waals surface area contributed by atoms with E-state index in [2.05, 4.69) is 5.87 Å². The number of nitriles is 3. The first-order chi connectivity index (χ1) is 12.3. The standard InChI is InChI=1S/C21H10N4/c22-10-15(11-23)19-17-8-4-5-9-18(17)20(16(12-24)13-25)21(19)14-6-2-1-3-7-14/h1-9,22H. The van der Waals surface area contributed by atoms with Gasteiger partial charge in [-0.05, 0) is 22.6 Å². The first-order valence-corrected chi connectivity index (χ1v) is 7.41. The van der Waals surface area contributed by atoms with Crippen LogP contribution < -0.4 is 0 Å². The summed E-state index contributed by atoms with van der Waals surface area (Å²) in [6.45, 7) is 0. The Balaban J connectivity index is 2.55. The SMILES string of the molecule is N#CC(=C=N)C1=C(c2ccccc2)C(=C(C#N)C#N)c2ccccc21. The third-order valence-corrected chi connectivity index (χ3v) is 3.99. The van der Waals surface area contributed by atoms with Gasteiger partial charge < -0.3 is 0 Å². The Hall–Kier alpha value is -4.16. The Bertz CT molecular complexity index is 1090. The van der Waals surface area contributed by atoms with E-state index in [9.17, 15) is 15.8 Å². The second kappa shape index (κ2) is 6.53. The molecule has 1 N–H and O–H groups in total. The molecule has 1 aliphatic rings. The lowest BCUT2D eigenvalue weighted by Gasteiger charge is -2.09. The Morgan fingerprint density at radius 1 is 0.760 bits per heavy atom. The molecule has 114 valence electrons. The molecule has 2 aromatic rings. The van der Waals surface area contributed by atoms with Crippen molar-refractivity contribution in [1.82, 2.24) is 0 Å². The van der Waals surface area contributed by atoms with Crippen molar-refractivity contribution in [3.05, 3.63) is 82.4 Å². The average molecular weight is 318 g/mol. The van der Waals surface area contributed by atoms with E-state index in [1.54, 1.807) is 0 Å². The normalized spacial score (nSPS) is 11.6. The summed E-state index contributed by atoms with van der Waals surface area (Å²) in [7, 11) is 0. The van der Waals surface area contributed by atoms with Gasteiger partial charge in [0.1, 0.15) is 29.4 Å². The monoisotopic (exact) mass is 318 g/mol. The number of rotatable bonds is 2. The van der Waals surface area contributed by atoms with Gasteiger partial charge in [-0.15, -0.1) is 0 Å². The van der Waals surface area contributed by atoms with Crippen LogP contribution in [0.2, 0.25) is 0 Å². The molecule has 0 aromatic heterocycles. The topological polar surface area (TPSA) is 95.2 Å². The maximum Gasteiger partial charge on any atom is 0.138 e. The van der Waals surface area contributed by atoms with Crippen molar-refractivity contribution in [3.8, 4) is 18.2 Å². The van der Waals surface area contributed by atoms with Gasteiger partial charge in [0.2, 0.25) is 0 Å². The number of nitrogens with zero attached hydrogens (tertiary/aromatic N) is 3. The lowest BCUT2D eigenvalue weighted by Crippen LogP contribution is -1.91. The van der Waals surface area contributed by atoms with E-state index in [-0.39, 0.29) is 11.1 Å². The Morgan fingerprint density at radius 3 is 1.92 bits per heavy atom. The zero-order valence-corrected chi connectivity index (χ0v) is 13.0. The maximum atomic E-state index is 9.47. The van der Waals surface area contributed by atoms with Gasteiger partial charge in [-0.3, -0.25) is 5.41 Å². The zero-order valence-electron chi connectivity index (χ0n) is 13.0. The molecule has 0 spiro atoms. The molecule has 25 heavy (non-hydrogen) atoms. The first kappa shape index (κ1) is 15.7. The van der Waals surface area contributed by atoms with Gasteiger partial charge in [-0.1, -0.05) is 54.6 Å². The number of hydrogen-bond donors (Lipinski definition) is 1. The highest BCUT2D eigenvalue weighted by atomic mass is 14.4. The summed E-state index contributed by atoms with van der Waals surface area (Å²) in [5, 5.41) is 35.8. The molecule has 0 unspecified atom stereocenters. The summed E-state index contributed by atoms with van der Waals surface area (Å²) < 4.78 is 0. The van der Waals surface area contributed by atoms with Crippen molar-refractivity contribution in [2.45, 2.75) is 0 Å². The van der Waals surface area contributed by atoms with Crippen molar-refractivity contribution < 1.29 is 0 Å². The van der Waals surface area contributed by atoms with Crippen molar-refractivity contribution >= 4 is 22.6 Å². The average Bonchev–Trinajstić information content (AvgIpc) is 3.00. The van der Waals surface area contributed by atoms with Crippen LogP contribution in [-0.2, 0) is 0 Å². The molecule has 3 rings (SSSR count). The lowest BCUT2D eigenvalue weighted by molar-refractivity contribution is 1.46. The third-order valence-electron chi connectivity index (χ3n) is 3.99. The molecule has 0 saturated carbocycles. The van der Waals surface area contributed by atoms with Gasteiger partial charge in [-0.25, -0.2) is 0 Å². The van der Waals surface area contributed by atoms with E-state index >= 15 is 0 Å². The maximum absolute atomic E-state index is 9.47. The minimum absolute atomic E-state index is 0.0245. The fourth-order valence-corrected chi connectivity index (χ4v) is 3.01.